The van der Waals surface area contributed by atoms with Crippen LogP contribution < -0.4 is 9.47 Å². The molecule has 0 aliphatic heterocycles. The molecule has 1 fully saturated rings. The van der Waals surface area contributed by atoms with E-state index in [-0.39, 0.29) is 11.4 Å². The molecule has 1 aliphatic carbocycles. The van der Waals surface area contributed by atoms with Crippen LogP contribution in [0.1, 0.15) is 126 Å². The highest BCUT2D eigenvalue weighted by Gasteiger charge is 2.35. The second-order valence-electron chi connectivity index (χ2n) is 10.7. The van der Waals surface area contributed by atoms with Gasteiger partial charge in [-0.2, -0.15) is 5.26 Å². The molecule has 0 spiro atoms. The molecule has 3 rings (SSSR count). The maximum atomic E-state index is 12.7. The highest BCUT2D eigenvalue weighted by Crippen LogP contribution is 2.45. The normalized spacial score (nSPS) is 19.2. The van der Waals surface area contributed by atoms with E-state index < -0.39 is 0 Å². The lowest BCUT2D eigenvalue weighted by Gasteiger charge is -2.35. The molecule has 4 nitrogen and oxygen atoms in total. The predicted molar refractivity (Wildman–Crippen MR) is 150 cm³/mol. The third-order valence-electron chi connectivity index (χ3n) is 7.86. The summed E-state index contributed by atoms with van der Waals surface area (Å²) in [5, 5.41) is 9.80. The second-order valence-corrected chi connectivity index (χ2v) is 10.7. The molecule has 0 heterocycles. The van der Waals surface area contributed by atoms with E-state index in [1.807, 2.05) is 24.3 Å². The van der Waals surface area contributed by atoms with Crippen LogP contribution in [0.15, 0.2) is 48.5 Å². The smallest absolute Gasteiger partial charge is 0.343 e. The molecule has 0 saturated heterocycles. The van der Waals surface area contributed by atoms with E-state index in [0.717, 1.165) is 57.3 Å². The lowest BCUT2D eigenvalue weighted by molar-refractivity contribution is 0.0734. The number of carbonyl (C=O) groups is 1. The van der Waals surface area contributed by atoms with Gasteiger partial charge in [0.15, 0.2) is 0 Å². The maximum Gasteiger partial charge on any atom is 0.343 e. The Morgan fingerprint density at radius 2 is 1.43 bits per heavy atom. The van der Waals surface area contributed by atoms with Crippen LogP contribution in [0.25, 0.3) is 0 Å². The number of hydrogen-bond acceptors (Lipinski definition) is 4. The number of benzene rings is 2. The molecule has 1 saturated carbocycles. The van der Waals surface area contributed by atoms with Crippen LogP contribution in [0.3, 0.4) is 0 Å². The minimum Gasteiger partial charge on any atom is -0.494 e. The van der Waals surface area contributed by atoms with Gasteiger partial charge in [0.2, 0.25) is 0 Å². The molecule has 2 aromatic rings. The van der Waals surface area contributed by atoms with Crippen molar-refractivity contribution in [2.24, 2.45) is 5.41 Å². The zero-order valence-corrected chi connectivity index (χ0v) is 23.0. The number of rotatable bonds is 15. The minimum atomic E-state index is -0.352. The topological polar surface area (TPSA) is 59.3 Å². The van der Waals surface area contributed by atoms with Crippen molar-refractivity contribution in [2.45, 2.75) is 110 Å². The summed E-state index contributed by atoms with van der Waals surface area (Å²) in [6, 6.07) is 17.8. The summed E-state index contributed by atoms with van der Waals surface area (Å²) in [6.45, 7) is 5.15. The van der Waals surface area contributed by atoms with Crippen LogP contribution >= 0.6 is 0 Å². The summed E-state index contributed by atoms with van der Waals surface area (Å²) in [6.07, 6.45) is 16.0. The number of esters is 1. The quantitative estimate of drug-likeness (QED) is 0.138. The van der Waals surface area contributed by atoms with Gasteiger partial charge in [-0.3, -0.25) is 0 Å². The fourth-order valence-electron chi connectivity index (χ4n) is 5.37. The number of carbonyl (C=O) groups excluding carboxylic acids is 1. The molecule has 1 aliphatic rings. The highest BCUT2D eigenvalue weighted by atomic mass is 16.5. The lowest BCUT2D eigenvalue weighted by Crippen LogP contribution is -2.25. The lowest BCUT2D eigenvalue weighted by atomic mass is 9.67. The van der Waals surface area contributed by atoms with E-state index in [1.54, 1.807) is 12.1 Å². The SMILES string of the molecule is CCCCCCCCOc1ccc(OC(=O)c2ccc(C3CCC(C#N)(CCCCC)CC3)cc2)cc1. The van der Waals surface area contributed by atoms with Gasteiger partial charge < -0.3 is 9.47 Å². The van der Waals surface area contributed by atoms with Gasteiger partial charge in [0.25, 0.3) is 0 Å². The molecular weight excluding hydrogens is 458 g/mol. The Morgan fingerprint density at radius 3 is 2.08 bits per heavy atom. The van der Waals surface area contributed by atoms with Crippen LogP contribution in [0.5, 0.6) is 11.5 Å². The number of nitriles is 1. The van der Waals surface area contributed by atoms with Gasteiger partial charge >= 0.3 is 5.97 Å². The average Bonchev–Trinajstić information content (AvgIpc) is 2.94. The van der Waals surface area contributed by atoms with E-state index in [2.05, 4.69) is 32.0 Å². The highest BCUT2D eigenvalue weighted by molar-refractivity contribution is 5.91. The predicted octanol–water partition coefficient (Wildman–Crippen LogP) is 9.39. The van der Waals surface area contributed by atoms with Crippen molar-refractivity contribution in [2.75, 3.05) is 6.61 Å². The summed E-state index contributed by atoms with van der Waals surface area (Å²) in [7, 11) is 0. The minimum absolute atomic E-state index is 0.135. The largest absolute Gasteiger partial charge is 0.494 e. The second kappa shape index (κ2) is 15.5. The van der Waals surface area contributed by atoms with Gasteiger partial charge in [-0.1, -0.05) is 77.3 Å². The number of ether oxygens (including phenoxy) is 2. The van der Waals surface area contributed by atoms with Crippen LogP contribution in [0, 0.1) is 16.7 Å². The fraction of sp³-hybridized carbons (Fsp3) is 0.576. The molecule has 2 aromatic carbocycles. The molecule has 0 unspecified atom stereocenters. The Morgan fingerprint density at radius 1 is 0.838 bits per heavy atom. The maximum absolute atomic E-state index is 12.7. The van der Waals surface area contributed by atoms with E-state index in [4.69, 9.17) is 9.47 Å². The summed E-state index contributed by atoms with van der Waals surface area (Å²) < 4.78 is 11.4. The molecule has 0 atom stereocenters. The molecule has 37 heavy (non-hydrogen) atoms. The van der Waals surface area contributed by atoms with E-state index in [9.17, 15) is 10.1 Å². The number of hydrogen-bond donors (Lipinski definition) is 0. The summed E-state index contributed by atoms with van der Waals surface area (Å²) in [5.41, 5.74) is 1.67. The van der Waals surface area contributed by atoms with Gasteiger partial charge in [-0.25, -0.2) is 4.79 Å². The van der Waals surface area contributed by atoms with Crippen LogP contribution in [-0.4, -0.2) is 12.6 Å². The molecule has 0 bridgehead atoms. The van der Waals surface area contributed by atoms with Gasteiger partial charge in [-0.15, -0.1) is 0 Å². The fourth-order valence-corrected chi connectivity index (χ4v) is 5.37. The Labute approximate surface area is 224 Å². The molecular formula is C33H45NO3. The van der Waals surface area contributed by atoms with Gasteiger partial charge in [-0.05, 0) is 86.4 Å². The Balaban J connectivity index is 1.43. The molecule has 0 aromatic heterocycles. The van der Waals surface area contributed by atoms with Crippen molar-refractivity contribution in [3.63, 3.8) is 0 Å². The summed E-state index contributed by atoms with van der Waals surface area (Å²) in [5.74, 6) is 1.43. The summed E-state index contributed by atoms with van der Waals surface area (Å²) in [4.78, 5) is 12.7. The van der Waals surface area contributed by atoms with Crippen LogP contribution in [0.4, 0.5) is 0 Å². The third kappa shape index (κ3) is 9.22. The summed E-state index contributed by atoms with van der Waals surface area (Å²) >= 11 is 0. The average molecular weight is 504 g/mol. The van der Waals surface area contributed by atoms with Gasteiger partial charge in [0, 0.05) is 0 Å². The molecule has 4 heteroatoms. The zero-order chi connectivity index (χ0) is 26.3. The first-order valence-electron chi connectivity index (χ1n) is 14.6. The zero-order valence-electron chi connectivity index (χ0n) is 23.0. The van der Waals surface area contributed by atoms with Gasteiger partial charge in [0.1, 0.15) is 11.5 Å². The molecule has 0 N–H and O–H groups in total. The Hall–Kier alpha value is -2.80. The number of nitrogens with zero attached hydrogens (tertiary/aromatic N) is 1. The van der Waals surface area contributed by atoms with Crippen molar-refractivity contribution in [1.29, 1.82) is 5.26 Å². The Kier molecular flexibility index (Phi) is 12.0. The Bertz CT molecular complexity index is 966. The van der Waals surface area contributed by atoms with Crippen molar-refractivity contribution in [3.05, 3.63) is 59.7 Å². The molecule has 200 valence electrons. The third-order valence-corrected chi connectivity index (χ3v) is 7.86. The van der Waals surface area contributed by atoms with E-state index in [0.29, 0.717) is 17.2 Å². The van der Waals surface area contributed by atoms with E-state index >= 15 is 0 Å². The standard InChI is InChI=1S/C33H45NO3/c1-3-5-7-8-9-11-25-36-30-16-18-31(19-17-30)37-32(35)29-14-12-27(13-15-29)28-20-23-33(26-34,24-21-28)22-10-6-4-2/h12-19,28H,3-11,20-25H2,1-2H3. The molecule has 0 radical (unpaired) electrons. The van der Waals surface area contributed by atoms with Crippen molar-refractivity contribution in [3.8, 4) is 17.6 Å². The van der Waals surface area contributed by atoms with Crippen LogP contribution in [-0.2, 0) is 0 Å². The first-order valence-corrected chi connectivity index (χ1v) is 14.6. The monoisotopic (exact) mass is 503 g/mol. The first-order chi connectivity index (χ1) is 18.1. The van der Waals surface area contributed by atoms with Crippen molar-refractivity contribution in [1.82, 2.24) is 0 Å². The molecule has 0 amide bonds. The van der Waals surface area contributed by atoms with E-state index in [1.165, 1.54) is 50.5 Å². The number of unbranched alkanes of at least 4 members (excludes halogenated alkanes) is 7. The van der Waals surface area contributed by atoms with Crippen molar-refractivity contribution < 1.29 is 14.3 Å². The first kappa shape index (κ1) is 28.8. The van der Waals surface area contributed by atoms with Crippen molar-refractivity contribution >= 4 is 5.97 Å². The van der Waals surface area contributed by atoms with Crippen LogP contribution in [0.2, 0.25) is 0 Å². The van der Waals surface area contributed by atoms with Gasteiger partial charge in [0.05, 0.1) is 23.7 Å².